The number of hydrogen-bond donors (Lipinski definition) is 0. The molecule has 6 nitrogen and oxygen atoms in total. The summed E-state index contributed by atoms with van der Waals surface area (Å²) in [6, 6.07) is 10.3. The van der Waals surface area contributed by atoms with Gasteiger partial charge in [0.05, 0.1) is 5.75 Å². The van der Waals surface area contributed by atoms with E-state index in [2.05, 4.69) is 46.3 Å². The smallest absolute Gasteiger partial charge is 0.253 e. The van der Waals surface area contributed by atoms with Crippen LogP contribution in [0.2, 0.25) is 0 Å². The molecule has 0 unspecified atom stereocenters. The monoisotopic (exact) mass is 369 g/mol. The zero-order valence-corrected chi connectivity index (χ0v) is 16.4. The van der Waals surface area contributed by atoms with Crippen molar-refractivity contribution in [2.24, 2.45) is 0 Å². The van der Waals surface area contributed by atoms with Gasteiger partial charge in [0.2, 0.25) is 11.1 Å². The highest BCUT2D eigenvalue weighted by Gasteiger charge is 2.13. The molecule has 0 saturated carbocycles. The van der Waals surface area contributed by atoms with Crippen LogP contribution in [0.1, 0.15) is 29.4 Å². The maximum Gasteiger partial charge on any atom is 0.253 e. The van der Waals surface area contributed by atoms with Gasteiger partial charge in [-0.15, -0.1) is 5.10 Å². The summed E-state index contributed by atoms with van der Waals surface area (Å²) in [6.07, 6.45) is 1.02. The standard InChI is InChI=1S/C19H23N5OS/c1-5-15-6-8-16(9-7-15)11-23(4)17(25)12-26-19-21-18-20-13(2)10-14(3)24(18)22-19/h6-10H,5,11-12H2,1-4H3. The second kappa shape index (κ2) is 7.86. The minimum atomic E-state index is 0.0503. The largest absolute Gasteiger partial charge is 0.341 e. The number of thioether (sulfide) groups is 1. The lowest BCUT2D eigenvalue weighted by Crippen LogP contribution is -2.27. The van der Waals surface area contributed by atoms with Gasteiger partial charge in [-0.2, -0.15) is 4.98 Å². The van der Waals surface area contributed by atoms with Crippen LogP contribution in [0.5, 0.6) is 0 Å². The van der Waals surface area contributed by atoms with Gasteiger partial charge < -0.3 is 4.90 Å². The minimum absolute atomic E-state index is 0.0503. The maximum atomic E-state index is 12.4. The summed E-state index contributed by atoms with van der Waals surface area (Å²) in [6.45, 7) is 6.63. The van der Waals surface area contributed by atoms with Gasteiger partial charge in [0.1, 0.15) is 0 Å². The van der Waals surface area contributed by atoms with E-state index in [0.717, 1.165) is 23.4 Å². The van der Waals surface area contributed by atoms with Crippen molar-refractivity contribution >= 4 is 23.4 Å². The van der Waals surface area contributed by atoms with Crippen LogP contribution in [0, 0.1) is 13.8 Å². The Kier molecular flexibility index (Phi) is 5.56. The fraction of sp³-hybridized carbons (Fsp3) is 0.368. The molecule has 0 aliphatic heterocycles. The van der Waals surface area contributed by atoms with Crippen molar-refractivity contribution in [2.45, 2.75) is 38.9 Å². The van der Waals surface area contributed by atoms with Crippen molar-refractivity contribution in [3.8, 4) is 0 Å². The lowest BCUT2D eigenvalue weighted by atomic mass is 10.1. The first kappa shape index (κ1) is 18.4. The van der Waals surface area contributed by atoms with E-state index in [1.54, 1.807) is 9.42 Å². The highest BCUT2D eigenvalue weighted by Crippen LogP contribution is 2.16. The first-order valence-electron chi connectivity index (χ1n) is 8.62. The minimum Gasteiger partial charge on any atom is -0.341 e. The van der Waals surface area contributed by atoms with Crippen LogP contribution in [0.4, 0.5) is 0 Å². The van der Waals surface area contributed by atoms with Crippen LogP contribution >= 0.6 is 11.8 Å². The average molecular weight is 369 g/mol. The lowest BCUT2D eigenvalue weighted by Gasteiger charge is -2.16. The Balaban J connectivity index is 1.60. The quantitative estimate of drug-likeness (QED) is 0.625. The van der Waals surface area contributed by atoms with Crippen LogP contribution in [0.25, 0.3) is 5.78 Å². The van der Waals surface area contributed by atoms with Crippen LogP contribution < -0.4 is 0 Å². The van der Waals surface area contributed by atoms with E-state index < -0.39 is 0 Å². The van der Waals surface area contributed by atoms with Crippen molar-refractivity contribution in [3.63, 3.8) is 0 Å². The molecule has 0 aliphatic carbocycles. The van der Waals surface area contributed by atoms with E-state index in [-0.39, 0.29) is 5.91 Å². The van der Waals surface area contributed by atoms with Gasteiger partial charge in [0.25, 0.3) is 5.78 Å². The van der Waals surface area contributed by atoms with Crippen molar-refractivity contribution in [1.82, 2.24) is 24.5 Å². The number of hydrogen-bond acceptors (Lipinski definition) is 5. The zero-order chi connectivity index (χ0) is 18.7. The second-order valence-corrected chi connectivity index (χ2v) is 7.30. The molecule has 1 amide bonds. The summed E-state index contributed by atoms with van der Waals surface area (Å²) in [4.78, 5) is 22.9. The maximum absolute atomic E-state index is 12.4. The molecule has 0 fully saturated rings. The van der Waals surface area contributed by atoms with Crippen LogP contribution in [-0.4, -0.2) is 43.2 Å². The summed E-state index contributed by atoms with van der Waals surface area (Å²) < 4.78 is 1.71. The Bertz CT molecular complexity index is 920. The number of aromatic nitrogens is 4. The van der Waals surface area contributed by atoms with E-state index in [1.807, 2.05) is 27.0 Å². The van der Waals surface area contributed by atoms with Gasteiger partial charge in [-0.3, -0.25) is 4.79 Å². The number of benzene rings is 1. The Hall–Kier alpha value is -2.41. The molecule has 136 valence electrons. The molecular weight excluding hydrogens is 346 g/mol. The fourth-order valence-corrected chi connectivity index (χ4v) is 3.45. The highest BCUT2D eigenvalue weighted by molar-refractivity contribution is 7.99. The summed E-state index contributed by atoms with van der Waals surface area (Å²) in [5, 5.41) is 4.99. The normalized spacial score (nSPS) is 11.1. The Labute approximate surface area is 157 Å². The van der Waals surface area contributed by atoms with Crippen molar-refractivity contribution in [1.29, 1.82) is 0 Å². The molecule has 0 bridgehead atoms. The van der Waals surface area contributed by atoms with Crippen LogP contribution in [-0.2, 0) is 17.8 Å². The third kappa shape index (κ3) is 4.22. The number of rotatable bonds is 6. The van der Waals surface area contributed by atoms with Crippen LogP contribution in [0.3, 0.4) is 0 Å². The summed E-state index contributed by atoms with van der Waals surface area (Å²) >= 11 is 1.34. The highest BCUT2D eigenvalue weighted by atomic mass is 32.2. The number of fused-ring (bicyclic) bond motifs is 1. The van der Waals surface area contributed by atoms with Gasteiger partial charge in [-0.05, 0) is 37.5 Å². The van der Waals surface area contributed by atoms with Crippen molar-refractivity contribution in [3.05, 3.63) is 52.8 Å². The number of carbonyl (C=O) groups excluding carboxylic acids is 1. The molecule has 3 rings (SSSR count). The lowest BCUT2D eigenvalue weighted by molar-refractivity contribution is -0.127. The van der Waals surface area contributed by atoms with Crippen molar-refractivity contribution in [2.75, 3.05) is 12.8 Å². The Morgan fingerprint density at radius 1 is 1.15 bits per heavy atom. The van der Waals surface area contributed by atoms with Gasteiger partial charge in [-0.1, -0.05) is 43.0 Å². The molecule has 0 spiro atoms. The molecule has 2 heterocycles. The predicted octanol–water partition coefficient (Wildman–Crippen LogP) is 3.05. The van der Waals surface area contributed by atoms with E-state index in [9.17, 15) is 4.79 Å². The third-order valence-electron chi connectivity index (χ3n) is 4.20. The summed E-state index contributed by atoms with van der Waals surface area (Å²) in [7, 11) is 1.82. The molecule has 0 aliphatic rings. The molecule has 0 radical (unpaired) electrons. The molecule has 0 atom stereocenters. The fourth-order valence-electron chi connectivity index (χ4n) is 2.69. The SMILES string of the molecule is CCc1ccc(CN(C)C(=O)CSc2nc3nc(C)cc(C)n3n2)cc1. The summed E-state index contributed by atoms with van der Waals surface area (Å²) in [5.74, 6) is 0.925. The van der Waals surface area contributed by atoms with Gasteiger partial charge in [0.15, 0.2) is 0 Å². The Morgan fingerprint density at radius 3 is 2.54 bits per heavy atom. The predicted molar refractivity (Wildman–Crippen MR) is 103 cm³/mol. The van der Waals surface area contributed by atoms with Gasteiger partial charge >= 0.3 is 0 Å². The van der Waals surface area contributed by atoms with E-state index in [1.165, 1.54) is 17.3 Å². The average Bonchev–Trinajstić information content (AvgIpc) is 3.03. The topological polar surface area (TPSA) is 63.4 Å². The number of nitrogens with zero attached hydrogens (tertiary/aromatic N) is 5. The number of amides is 1. The van der Waals surface area contributed by atoms with Gasteiger partial charge in [-0.25, -0.2) is 9.50 Å². The number of aryl methyl sites for hydroxylation is 3. The molecule has 7 heteroatoms. The third-order valence-corrected chi connectivity index (χ3v) is 5.02. The zero-order valence-electron chi connectivity index (χ0n) is 15.6. The van der Waals surface area contributed by atoms with E-state index in [0.29, 0.717) is 23.2 Å². The second-order valence-electron chi connectivity index (χ2n) is 6.35. The van der Waals surface area contributed by atoms with E-state index in [4.69, 9.17) is 0 Å². The molecule has 1 aromatic carbocycles. The molecule has 2 aromatic heterocycles. The Morgan fingerprint density at radius 2 is 1.85 bits per heavy atom. The molecular formula is C19H23N5OS. The first-order chi connectivity index (χ1) is 12.5. The van der Waals surface area contributed by atoms with Crippen molar-refractivity contribution < 1.29 is 4.79 Å². The first-order valence-corrected chi connectivity index (χ1v) is 9.60. The molecule has 3 aromatic rings. The molecule has 26 heavy (non-hydrogen) atoms. The van der Waals surface area contributed by atoms with Crippen LogP contribution in [0.15, 0.2) is 35.5 Å². The number of carbonyl (C=O) groups is 1. The van der Waals surface area contributed by atoms with E-state index >= 15 is 0 Å². The molecule has 0 N–H and O–H groups in total. The molecule has 0 saturated heterocycles. The summed E-state index contributed by atoms with van der Waals surface area (Å²) in [5.41, 5.74) is 4.31. The van der Waals surface area contributed by atoms with Gasteiger partial charge in [0, 0.05) is 25.0 Å².